The van der Waals surface area contributed by atoms with Gasteiger partial charge in [-0.3, -0.25) is 0 Å². The van der Waals surface area contributed by atoms with Gasteiger partial charge in [0.15, 0.2) is 0 Å². The van der Waals surface area contributed by atoms with Crippen molar-refractivity contribution in [3.63, 3.8) is 0 Å². The summed E-state index contributed by atoms with van der Waals surface area (Å²) in [4.78, 5) is 0.492. The highest BCUT2D eigenvalue weighted by Crippen LogP contribution is 2.18. The summed E-state index contributed by atoms with van der Waals surface area (Å²) in [6, 6.07) is 15.5. The number of rotatable bonds is 7. The lowest BCUT2D eigenvalue weighted by Gasteiger charge is -2.09. The van der Waals surface area contributed by atoms with Gasteiger partial charge in [-0.1, -0.05) is 46.3 Å². The fraction of sp³-hybridized carbons (Fsp3) is 0.188. The summed E-state index contributed by atoms with van der Waals surface area (Å²) in [7, 11) is 0. The van der Waals surface area contributed by atoms with Crippen LogP contribution in [0.2, 0.25) is 0 Å². The molecule has 0 amide bonds. The summed E-state index contributed by atoms with van der Waals surface area (Å²) in [5.41, 5.74) is 6.59. The molecule has 0 radical (unpaired) electrons. The number of benzene rings is 2. The first kappa shape index (κ1) is 15.8. The van der Waals surface area contributed by atoms with E-state index in [0.717, 1.165) is 21.5 Å². The van der Waals surface area contributed by atoms with E-state index in [4.69, 9.17) is 27.4 Å². The Morgan fingerprint density at radius 2 is 1.67 bits per heavy atom. The van der Waals surface area contributed by atoms with E-state index in [1.54, 1.807) is 0 Å². The van der Waals surface area contributed by atoms with Gasteiger partial charge in [-0.15, -0.1) is 0 Å². The fourth-order valence-corrected chi connectivity index (χ4v) is 2.33. The Bertz CT molecular complexity index is 601. The van der Waals surface area contributed by atoms with Gasteiger partial charge in [-0.2, -0.15) is 0 Å². The lowest BCUT2D eigenvalue weighted by atomic mass is 10.1. The summed E-state index contributed by atoms with van der Waals surface area (Å²) in [5, 5.41) is 0. The van der Waals surface area contributed by atoms with Crippen LogP contribution >= 0.6 is 28.1 Å². The summed E-state index contributed by atoms with van der Waals surface area (Å²) < 4.78 is 12.2. The Kier molecular flexibility index (Phi) is 6.02. The molecule has 0 bridgehead atoms. The molecule has 3 nitrogen and oxygen atoms in total. The quantitative estimate of drug-likeness (QED) is 0.599. The summed E-state index contributed by atoms with van der Waals surface area (Å²) in [6.07, 6.45) is 0.613. The number of ether oxygens (including phenoxy) is 2. The monoisotopic (exact) mass is 365 g/mol. The van der Waals surface area contributed by atoms with Crippen molar-refractivity contribution in [2.24, 2.45) is 5.73 Å². The first-order valence-corrected chi connectivity index (χ1v) is 7.72. The van der Waals surface area contributed by atoms with Crippen molar-refractivity contribution < 1.29 is 9.47 Å². The van der Waals surface area contributed by atoms with Crippen LogP contribution in [0.3, 0.4) is 0 Å². The Hall–Kier alpha value is -1.59. The van der Waals surface area contributed by atoms with Crippen LogP contribution in [-0.2, 0) is 6.42 Å². The molecule has 0 heterocycles. The Labute approximate surface area is 138 Å². The predicted octanol–water partition coefficient (Wildman–Crippen LogP) is 3.74. The van der Waals surface area contributed by atoms with Crippen LogP contribution in [0.1, 0.15) is 5.56 Å². The van der Waals surface area contributed by atoms with Crippen LogP contribution in [0.25, 0.3) is 0 Å². The molecule has 0 saturated heterocycles. The topological polar surface area (TPSA) is 44.5 Å². The van der Waals surface area contributed by atoms with Gasteiger partial charge in [0.25, 0.3) is 0 Å². The van der Waals surface area contributed by atoms with Gasteiger partial charge in [0, 0.05) is 10.9 Å². The van der Waals surface area contributed by atoms with Gasteiger partial charge in [-0.25, -0.2) is 0 Å². The minimum atomic E-state index is 0.487. The standard InChI is InChI=1S/C16H16BrNO2S/c17-13-2-1-3-15(11-13)20-9-8-19-14-6-4-12(5-7-14)10-16(18)21/h1-7,11H,8-10H2,(H2,18,21). The maximum Gasteiger partial charge on any atom is 0.122 e. The van der Waals surface area contributed by atoms with Gasteiger partial charge < -0.3 is 15.2 Å². The summed E-state index contributed by atoms with van der Waals surface area (Å²) in [6.45, 7) is 0.978. The van der Waals surface area contributed by atoms with Crippen LogP contribution < -0.4 is 15.2 Å². The van der Waals surface area contributed by atoms with Crippen molar-refractivity contribution >= 4 is 33.1 Å². The third kappa shape index (κ3) is 5.73. The van der Waals surface area contributed by atoms with Gasteiger partial charge in [-0.05, 0) is 35.9 Å². The number of nitrogens with two attached hydrogens (primary N) is 1. The maximum atomic E-state index is 5.62. The average Bonchev–Trinajstić information content (AvgIpc) is 2.45. The highest BCUT2D eigenvalue weighted by molar-refractivity contribution is 9.10. The lowest BCUT2D eigenvalue weighted by Crippen LogP contribution is -2.11. The molecule has 0 unspecified atom stereocenters. The molecular weight excluding hydrogens is 350 g/mol. The summed E-state index contributed by atoms with van der Waals surface area (Å²) in [5.74, 6) is 1.62. The van der Waals surface area contributed by atoms with Crippen molar-refractivity contribution in [2.75, 3.05) is 13.2 Å². The number of hydrogen-bond acceptors (Lipinski definition) is 3. The smallest absolute Gasteiger partial charge is 0.122 e. The molecule has 0 aliphatic rings. The zero-order chi connectivity index (χ0) is 15.1. The number of thiocarbonyl (C=S) groups is 1. The van der Waals surface area contributed by atoms with Gasteiger partial charge in [0.05, 0.1) is 4.99 Å². The van der Waals surface area contributed by atoms with E-state index in [1.165, 1.54) is 0 Å². The lowest BCUT2D eigenvalue weighted by molar-refractivity contribution is 0.217. The van der Waals surface area contributed by atoms with Crippen LogP contribution in [0.5, 0.6) is 11.5 Å². The molecule has 2 aromatic carbocycles. The Morgan fingerprint density at radius 1 is 1.00 bits per heavy atom. The van der Waals surface area contributed by atoms with E-state index in [2.05, 4.69) is 15.9 Å². The van der Waals surface area contributed by atoms with Crippen molar-refractivity contribution in [3.05, 3.63) is 58.6 Å². The third-order valence-corrected chi connectivity index (χ3v) is 3.36. The van der Waals surface area contributed by atoms with Crippen molar-refractivity contribution in [1.29, 1.82) is 0 Å². The molecule has 0 atom stereocenters. The number of halogens is 1. The second-order valence-electron chi connectivity index (χ2n) is 4.44. The van der Waals surface area contributed by atoms with Crippen molar-refractivity contribution in [1.82, 2.24) is 0 Å². The zero-order valence-electron chi connectivity index (χ0n) is 11.4. The highest BCUT2D eigenvalue weighted by Gasteiger charge is 1.98. The molecule has 5 heteroatoms. The van der Waals surface area contributed by atoms with Gasteiger partial charge >= 0.3 is 0 Å². The molecule has 0 aromatic heterocycles. The van der Waals surface area contributed by atoms with E-state index in [0.29, 0.717) is 24.6 Å². The average molecular weight is 366 g/mol. The largest absolute Gasteiger partial charge is 0.490 e. The first-order valence-electron chi connectivity index (χ1n) is 6.52. The van der Waals surface area contributed by atoms with Crippen LogP contribution in [0.15, 0.2) is 53.0 Å². The Balaban J connectivity index is 1.74. The second-order valence-corrected chi connectivity index (χ2v) is 5.88. The molecular formula is C16H16BrNO2S. The van der Waals surface area contributed by atoms with Crippen molar-refractivity contribution in [3.8, 4) is 11.5 Å². The van der Waals surface area contributed by atoms with Crippen molar-refractivity contribution in [2.45, 2.75) is 6.42 Å². The molecule has 21 heavy (non-hydrogen) atoms. The molecule has 0 saturated carbocycles. The van der Waals surface area contributed by atoms with Crippen LogP contribution in [0.4, 0.5) is 0 Å². The highest BCUT2D eigenvalue weighted by atomic mass is 79.9. The zero-order valence-corrected chi connectivity index (χ0v) is 13.8. The SMILES string of the molecule is NC(=S)Cc1ccc(OCCOc2cccc(Br)c2)cc1. The minimum absolute atomic E-state index is 0.487. The fourth-order valence-electron chi connectivity index (χ4n) is 1.78. The van der Waals surface area contributed by atoms with E-state index < -0.39 is 0 Å². The van der Waals surface area contributed by atoms with E-state index in [9.17, 15) is 0 Å². The molecule has 0 fully saturated rings. The molecule has 0 aliphatic carbocycles. The molecule has 110 valence electrons. The second kappa shape index (κ2) is 8.00. The molecule has 0 aliphatic heterocycles. The number of hydrogen-bond donors (Lipinski definition) is 1. The first-order chi connectivity index (χ1) is 10.1. The predicted molar refractivity (Wildman–Crippen MR) is 92.1 cm³/mol. The molecule has 2 N–H and O–H groups in total. The minimum Gasteiger partial charge on any atom is -0.490 e. The van der Waals surface area contributed by atoms with E-state index in [1.807, 2.05) is 48.5 Å². The third-order valence-electron chi connectivity index (χ3n) is 2.72. The maximum absolute atomic E-state index is 5.62. The van der Waals surface area contributed by atoms with E-state index >= 15 is 0 Å². The molecule has 0 spiro atoms. The summed E-state index contributed by atoms with van der Waals surface area (Å²) >= 11 is 8.28. The van der Waals surface area contributed by atoms with Gasteiger partial charge in [0.2, 0.25) is 0 Å². The molecule has 2 aromatic rings. The van der Waals surface area contributed by atoms with Crippen LogP contribution in [-0.4, -0.2) is 18.2 Å². The normalized spacial score (nSPS) is 10.1. The van der Waals surface area contributed by atoms with Gasteiger partial charge in [0.1, 0.15) is 24.7 Å². The molecule has 2 rings (SSSR count). The Morgan fingerprint density at radius 3 is 2.29 bits per heavy atom. The van der Waals surface area contributed by atoms with Crippen LogP contribution in [0, 0.1) is 0 Å². The van der Waals surface area contributed by atoms with E-state index in [-0.39, 0.29) is 0 Å².